The molecule has 108 valence electrons. The Morgan fingerprint density at radius 3 is 2.65 bits per heavy atom. The van der Waals surface area contributed by atoms with Crippen molar-refractivity contribution in [1.29, 1.82) is 0 Å². The second-order valence-corrected chi connectivity index (χ2v) is 5.29. The molecule has 1 aliphatic rings. The number of carboxylic acid groups (broad SMARTS) is 1. The summed E-state index contributed by atoms with van der Waals surface area (Å²) in [4.78, 5) is 26.7. The van der Waals surface area contributed by atoms with Crippen molar-refractivity contribution in [2.24, 2.45) is 0 Å². The molecule has 0 bridgehead atoms. The molecule has 1 heterocycles. The molecule has 1 aliphatic heterocycles. The summed E-state index contributed by atoms with van der Waals surface area (Å²) in [7, 11) is 1.69. The van der Waals surface area contributed by atoms with E-state index in [1.807, 2.05) is 31.2 Å². The third-order valence-electron chi connectivity index (χ3n) is 3.67. The van der Waals surface area contributed by atoms with Crippen molar-refractivity contribution in [2.45, 2.75) is 25.8 Å². The van der Waals surface area contributed by atoms with E-state index in [2.05, 4.69) is 0 Å². The Morgan fingerprint density at radius 1 is 1.40 bits per heavy atom. The van der Waals surface area contributed by atoms with Crippen molar-refractivity contribution in [1.82, 2.24) is 4.90 Å². The van der Waals surface area contributed by atoms with E-state index < -0.39 is 5.97 Å². The maximum atomic E-state index is 12.5. The van der Waals surface area contributed by atoms with Crippen molar-refractivity contribution in [3.63, 3.8) is 0 Å². The number of piperidine rings is 1. The Morgan fingerprint density at radius 2 is 2.05 bits per heavy atom. The van der Waals surface area contributed by atoms with E-state index in [1.54, 1.807) is 16.8 Å². The molecule has 1 atom stereocenters. The first kappa shape index (κ1) is 14.5. The molecule has 1 amide bonds. The Labute approximate surface area is 118 Å². The summed E-state index contributed by atoms with van der Waals surface area (Å²) in [6.07, 6.45) is 1.60. The molecule has 2 rings (SSSR count). The zero-order valence-corrected chi connectivity index (χ0v) is 11.9. The lowest BCUT2D eigenvalue weighted by atomic mass is 10.0. The van der Waals surface area contributed by atoms with E-state index in [0.717, 1.165) is 17.7 Å². The number of carbonyl (C=O) groups is 2. The SMILES string of the molecule is Cc1ccc(N2CCCC(N(C)CC(=O)O)C2=O)cc1. The minimum atomic E-state index is -0.909. The van der Waals surface area contributed by atoms with Gasteiger partial charge in [-0.25, -0.2) is 0 Å². The average Bonchev–Trinajstić information content (AvgIpc) is 2.39. The topological polar surface area (TPSA) is 60.9 Å². The molecule has 1 aromatic carbocycles. The summed E-state index contributed by atoms with van der Waals surface area (Å²) >= 11 is 0. The number of rotatable bonds is 4. The van der Waals surface area contributed by atoms with Gasteiger partial charge in [0.15, 0.2) is 0 Å². The standard InChI is InChI=1S/C15H20N2O3/c1-11-5-7-12(8-6-11)17-9-3-4-13(15(17)20)16(2)10-14(18)19/h5-8,13H,3-4,9-10H2,1-2H3,(H,18,19). The van der Waals surface area contributed by atoms with E-state index in [-0.39, 0.29) is 18.5 Å². The highest BCUT2D eigenvalue weighted by Gasteiger charge is 2.32. The molecular weight excluding hydrogens is 256 g/mol. The minimum Gasteiger partial charge on any atom is -0.480 e. The molecule has 5 nitrogen and oxygen atoms in total. The fourth-order valence-electron chi connectivity index (χ4n) is 2.57. The van der Waals surface area contributed by atoms with Crippen LogP contribution in [0.5, 0.6) is 0 Å². The number of anilines is 1. The van der Waals surface area contributed by atoms with Crippen LogP contribution >= 0.6 is 0 Å². The van der Waals surface area contributed by atoms with Crippen LogP contribution in [0.15, 0.2) is 24.3 Å². The predicted octanol–water partition coefficient (Wildman–Crippen LogP) is 1.51. The zero-order valence-electron chi connectivity index (χ0n) is 11.9. The minimum absolute atomic E-state index is 0.0103. The van der Waals surface area contributed by atoms with Crippen molar-refractivity contribution in [2.75, 3.05) is 25.0 Å². The largest absolute Gasteiger partial charge is 0.480 e. The van der Waals surface area contributed by atoms with Crippen molar-refractivity contribution in [3.8, 4) is 0 Å². The lowest BCUT2D eigenvalue weighted by Gasteiger charge is -2.36. The van der Waals surface area contributed by atoms with E-state index in [4.69, 9.17) is 5.11 Å². The molecule has 1 N–H and O–H groups in total. The smallest absolute Gasteiger partial charge is 0.317 e. The van der Waals surface area contributed by atoms with Crippen LogP contribution in [0.2, 0.25) is 0 Å². The van der Waals surface area contributed by atoms with Crippen LogP contribution < -0.4 is 4.90 Å². The highest BCUT2D eigenvalue weighted by molar-refractivity contribution is 5.98. The van der Waals surface area contributed by atoms with Crippen molar-refractivity contribution >= 4 is 17.6 Å². The second kappa shape index (κ2) is 6.05. The normalized spacial score (nSPS) is 19.4. The molecule has 0 spiro atoms. The number of benzene rings is 1. The first-order valence-electron chi connectivity index (χ1n) is 6.79. The van der Waals surface area contributed by atoms with E-state index in [0.29, 0.717) is 13.0 Å². The Hall–Kier alpha value is -1.88. The first-order valence-corrected chi connectivity index (χ1v) is 6.79. The molecule has 0 radical (unpaired) electrons. The fourth-order valence-corrected chi connectivity index (χ4v) is 2.57. The van der Waals surface area contributed by atoms with Crippen LogP contribution in [0, 0.1) is 6.92 Å². The van der Waals surface area contributed by atoms with Crippen molar-refractivity contribution < 1.29 is 14.7 Å². The van der Waals surface area contributed by atoms with Gasteiger partial charge in [-0.2, -0.15) is 0 Å². The van der Waals surface area contributed by atoms with Gasteiger partial charge in [-0.1, -0.05) is 17.7 Å². The monoisotopic (exact) mass is 276 g/mol. The molecule has 0 saturated carbocycles. The van der Waals surface area contributed by atoms with Gasteiger partial charge in [0.05, 0.1) is 12.6 Å². The number of nitrogens with zero attached hydrogens (tertiary/aromatic N) is 2. The third kappa shape index (κ3) is 3.17. The van der Waals surface area contributed by atoms with Crippen molar-refractivity contribution in [3.05, 3.63) is 29.8 Å². The number of aryl methyl sites for hydroxylation is 1. The van der Waals surface area contributed by atoms with Crippen LogP contribution in [-0.2, 0) is 9.59 Å². The van der Waals surface area contributed by atoms with Gasteiger partial charge in [-0.3, -0.25) is 14.5 Å². The van der Waals surface area contributed by atoms with Gasteiger partial charge in [-0.05, 0) is 38.9 Å². The molecule has 0 aromatic heterocycles. The highest BCUT2D eigenvalue weighted by Crippen LogP contribution is 2.23. The highest BCUT2D eigenvalue weighted by atomic mass is 16.4. The van der Waals surface area contributed by atoms with Gasteiger partial charge < -0.3 is 10.0 Å². The Kier molecular flexibility index (Phi) is 4.39. The van der Waals surface area contributed by atoms with Gasteiger partial charge in [-0.15, -0.1) is 0 Å². The number of carbonyl (C=O) groups excluding carboxylic acids is 1. The molecule has 1 fully saturated rings. The Balaban J connectivity index is 2.14. The molecule has 0 aliphatic carbocycles. The number of hydrogen-bond donors (Lipinski definition) is 1. The summed E-state index contributed by atoms with van der Waals surface area (Å²) in [5.74, 6) is -0.920. The summed E-state index contributed by atoms with van der Waals surface area (Å²) in [6, 6.07) is 7.49. The van der Waals surface area contributed by atoms with Gasteiger partial charge in [0.1, 0.15) is 0 Å². The lowest BCUT2D eigenvalue weighted by molar-refractivity contribution is -0.139. The van der Waals surface area contributed by atoms with Crippen LogP contribution in [0.3, 0.4) is 0 Å². The summed E-state index contributed by atoms with van der Waals surface area (Å²) in [5.41, 5.74) is 2.03. The number of aliphatic carboxylic acids is 1. The van der Waals surface area contributed by atoms with Gasteiger partial charge >= 0.3 is 5.97 Å². The molecule has 5 heteroatoms. The van der Waals surface area contributed by atoms with E-state index in [1.165, 1.54) is 0 Å². The maximum Gasteiger partial charge on any atom is 0.317 e. The number of carboxylic acids is 1. The van der Waals surface area contributed by atoms with E-state index >= 15 is 0 Å². The first-order chi connectivity index (χ1) is 9.49. The molecule has 20 heavy (non-hydrogen) atoms. The second-order valence-electron chi connectivity index (χ2n) is 5.29. The summed E-state index contributed by atoms with van der Waals surface area (Å²) < 4.78 is 0. The molecule has 1 saturated heterocycles. The quantitative estimate of drug-likeness (QED) is 0.905. The molecular formula is C15H20N2O3. The van der Waals surface area contributed by atoms with Gasteiger partial charge in [0, 0.05) is 12.2 Å². The Bertz CT molecular complexity index is 498. The summed E-state index contributed by atoms with van der Waals surface area (Å²) in [5, 5.41) is 8.85. The number of hydrogen-bond acceptors (Lipinski definition) is 3. The van der Waals surface area contributed by atoms with E-state index in [9.17, 15) is 9.59 Å². The number of likely N-dealkylation sites (N-methyl/N-ethyl adjacent to an activating group) is 1. The van der Waals surface area contributed by atoms with Gasteiger partial charge in [0.2, 0.25) is 5.91 Å². The lowest BCUT2D eigenvalue weighted by Crippen LogP contribution is -2.52. The van der Waals surface area contributed by atoms with Crippen LogP contribution in [-0.4, -0.2) is 48.1 Å². The third-order valence-corrected chi connectivity index (χ3v) is 3.67. The fraction of sp³-hybridized carbons (Fsp3) is 0.467. The average molecular weight is 276 g/mol. The number of amides is 1. The summed E-state index contributed by atoms with van der Waals surface area (Å²) in [6.45, 7) is 2.59. The maximum absolute atomic E-state index is 12.5. The van der Waals surface area contributed by atoms with Crippen LogP contribution in [0.4, 0.5) is 5.69 Å². The predicted molar refractivity (Wildman–Crippen MR) is 76.8 cm³/mol. The molecule has 1 aromatic rings. The van der Waals surface area contributed by atoms with Crippen LogP contribution in [0.25, 0.3) is 0 Å². The molecule has 1 unspecified atom stereocenters. The van der Waals surface area contributed by atoms with Crippen LogP contribution in [0.1, 0.15) is 18.4 Å². The zero-order chi connectivity index (χ0) is 14.7. The van der Waals surface area contributed by atoms with Gasteiger partial charge in [0.25, 0.3) is 0 Å².